The molecule has 0 unspecified atom stereocenters. The van der Waals surface area contributed by atoms with Gasteiger partial charge in [-0.3, -0.25) is 9.20 Å². The summed E-state index contributed by atoms with van der Waals surface area (Å²) in [5, 5.41) is 13.2. The number of para-hydroxylation sites is 1. The number of aromatic nitrogens is 3. The molecule has 0 aliphatic carbocycles. The van der Waals surface area contributed by atoms with E-state index in [2.05, 4.69) is 21.6 Å². The van der Waals surface area contributed by atoms with Crippen molar-refractivity contribution >= 4 is 34.2 Å². The second-order valence-corrected chi connectivity index (χ2v) is 6.74. The molecular formula is C17H18N4O2S. The van der Waals surface area contributed by atoms with Gasteiger partial charge in [0.05, 0.1) is 17.4 Å². The summed E-state index contributed by atoms with van der Waals surface area (Å²) in [6.45, 7) is 1.39. The summed E-state index contributed by atoms with van der Waals surface area (Å²) in [5.74, 6) is 0.309. The molecule has 1 aliphatic heterocycles. The molecule has 1 aromatic carbocycles. The van der Waals surface area contributed by atoms with Crippen LogP contribution in [-0.2, 0) is 9.53 Å². The summed E-state index contributed by atoms with van der Waals surface area (Å²) in [4.78, 5) is 12.0. The quantitative estimate of drug-likeness (QED) is 0.721. The summed E-state index contributed by atoms with van der Waals surface area (Å²) in [6.07, 6.45) is 2.26. The number of amides is 1. The molecule has 0 spiro atoms. The molecule has 6 nitrogen and oxygen atoms in total. The number of nitrogens with one attached hydrogen (secondary N) is 1. The van der Waals surface area contributed by atoms with Gasteiger partial charge in [0.25, 0.3) is 0 Å². The van der Waals surface area contributed by atoms with Gasteiger partial charge in [-0.25, -0.2) is 0 Å². The van der Waals surface area contributed by atoms with Crippen molar-refractivity contribution in [1.29, 1.82) is 0 Å². The Bertz CT molecular complexity index is 873. The van der Waals surface area contributed by atoms with E-state index in [9.17, 15) is 4.79 Å². The number of ether oxygens (including phenoxy) is 1. The molecule has 2 aromatic heterocycles. The third-order valence-electron chi connectivity index (χ3n) is 4.13. The van der Waals surface area contributed by atoms with Gasteiger partial charge in [0, 0.05) is 13.2 Å². The first-order valence-electron chi connectivity index (χ1n) is 8.05. The third kappa shape index (κ3) is 3.09. The van der Waals surface area contributed by atoms with Gasteiger partial charge < -0.3 is 10.1 Å². The minimum Gasteiger partial charge on any atom is -0.376 e. The van der Waals surface area contributed by atoms with Crippen molar-refractivity contribution in [2.24, 2.45) is 0 Å². The maximum atomic E-state index is 12.0. The third-order valence-corrected chi connectivity index (χ3v) is 5.06. The van der Waals surface area contributed by atoms with Crippen molar-refractivity contribution in [3.05, 3.63) is 36.4 Å². The molecule has 1 atom stereocenters. The summed E-state index contributed by atoms with van der Waals surface area (Å²) in [5.41, 5.74) is 1.83. The standard InChI is InChI=1S/C17H18N4O2S/c22-16(18-10-13-5-3-9-23-13)11-24-17-20-19-15-8-7-12-4-1-2-6-14(12)21(15)17/h1-2,4,6-8,13H,3,5,9-11H2,(H,18,22)/t13-/m1/s1. The highest BCUT2D eigenvalue weighted by atomic mass is 32.2. The molecule has 24 heavy (non-hydrogen) atoms. The summed E-state index contributed by atoms with van der Waals surface area (Å²) < 4.78 is 7.51. The van der Waals surface area contributed by atoms with E-state index in [1.807, 2.05) is 34.7 Å². The normalized spacial score (nSPS) is 17.6. The van der Waals surface area contributed by atoms with E-state index in [-0.39, 0.29) is 12.0 Å². The van der Waals surface area contributed by atoms with Crippen LogP contribution < -0.4 is 5.32 Å². The summed E-state index contributed by atoms with van der Waals surface area (Å²) >= 11 is 1.40. The predicted molar refractivity (Wildman–Crippen MR) is 93.2 cm³/mol. The van der Waals surface area contributed by atoms with Crippen LogP contribution >= 0.6 is 11.8 Å². The van der Waals surface area contributed by atoms with Gasteiger partial charge in [-0.2, -0.15) is 0 Å². The number of rotatable bonds is 5. The molecular weight excluding hydrogens is 324 g/mol. The maximum Gasteiger partial charge on any atom is 0.230 e. The average Bonchev–Trinajstić information content (AvgIpc) is 3.27. The molecule has 0 saturated carbocycles. The highest BCUT2D eigenvalue weighted by molar-refractivity contribution is 7.99. The lowest BCUT2D eigenvalue weighted by Gasteiger charge is -2.10. The zero-order chi connectivity index (χ0) is 16.4. The van der Waals surface area contributed by atoms with Crippen LogP contribution in [0.2, 0.25) is 0 Å². The molecule has 1 amide bonds. The molecule has 1 fully saturated rings. The Labute approximate surface area is 143 Å². The Morgan fingerprint density at radius 3 is 3.08 bits per heavy atom. The molecule has 1 N–H and O–H groups in total. The van der Waals surface area contributed by atoms with Crippen molar-refractivity contribution in [3.8, 4) is 0 Å². The van der Waals surface area contributed by atoms with Gasteiger partial charge in [-0.1, -0.05) is 30.0 Å². The van der Waals surface area contributed by atoms with Crippen molar-refractivity contribution < 1.29 is 9.53 Å². The Kier molecular flexibility index (Phi) is 4.36. The first-order valence-corrected chi connectivity index (χ1v) is 9.04. The van der Waals surface area contributed by atoms with Crippen molar-refractivity contribution in [1.82, 2.24) is 19.9 Å². The van der Waals surface area contributed by atoms with E-state index in [4.69, 9.17) is 4.74 Å². The van der Waals surface area contributed by atoms with Crippen LogP contribution in [0.25, 0.3) is 16.6 Å². The van der Waals surface area contributed by atoms with Gasteiger partial charge in [0.15, 0.2) is 10.8 Å². The van der Waals surface area contributed by atoms with Gasteiger partial charge in [-0.05, 0) is 36.4 Å². The van der Waals surface area contributed by atoms with Crippen molar-refractivity contribution in [2.75, 3.05) is 18.9 Å². The lowest BCUT2D eigenvalue weighted by atomic mass is 10.2. The number of carbonyl (C=O) groups excluding carboxylic acids is 1. The minimum absolute atomic E-state index is 0.00696. The van der Waals surface area contributed by atoms with Crippen LogP contribution in [0.1, 0.15) is 12.8 Å². The Morgan fingerprint density at radius 2 is 2.21 bits per heavy atom. The van der Waals surface area contributed by atoms with Crippen LogP contribution in [0.15, 0.2) is 41.6 Å². The van der Waals surface area contributed by atoms with E-state index in [0.29, 0.717) is 12.3 Å². The Morgan fingerprint density at radius 1 is 1.29 bits per heavy atom. The van der Waals surface area contributed by atoms with Gasteiger partial charge >= 0.3 is 0 Å². The van der Waals surface area contributed by atoms with Crippen LogP contribution in [0, 0.1) is 0 Å². The van der Waals surface area contributed by atoms with Crippen LogP contribution in [0.5, 0.6) is 0 Å². The molecule has 1 aliphatic rings. The molecule has 124 valence electrons. The lowest BCUT2D eigenvalue weighted by Crippen LogP contribution is -2.32. The number of hydrogen-bond acceptors (Lipinski definition) is 5. The largest absolute Gasteiger partial charge is 0.376 e. The fourth-order valence-electron chi connectivity index (χ4n) is 2.92. The smallest absolute Gasteiger partial charge is 0.230 e. The second kappa shape index (κ2) is 6.78. The van der Waals surface area contributed by atoms with E-state index in [1.165, 1.54) is 11.8 Å². The van der Waals surface area contributed by atoms with E-state index in [0.717, 1.165) is 41.2 Å². The van der Waals surface area contributed by atoms with E-state index in [1.54, 1.807) is 0 Å². The summed E-state index contributed by atoms with van der Waals surface area (Å²) in [6, 6.07) is 12.1. The summed E-state index contributed by atoms with van der Waals surface area (Å²) in [7, 11) is 0. The minimum atomic E-state index is -0.00696. The number of hydrogen-bond donors (Lipinski definition) is 1. The zero-order valence-electron chi connectivity index (χ0n) is 13.1. The number of thioether (sulfide) groups is 1. The van der Waals surface area contributed by atoms with Gasteiger partial charge in [0.1, 0.15) is 0 Å². The van der Waals surface area contributed by atoms with Crippen molar-refractivity contribution in [3.63, 3.8) is 0 Å². The number of pyridine rings is 1. The monoisotopic (exact) mass is 342 g/mol. The first-order chi connectivity index (χ1) is 11.8. The SMILES string of the molecule is O=C(CSc1nnc2ccc3ccccc3n12)NC[C@H]1CCCO1. The number of benzene rings is 1. The van der Waals surface area contributed by atoms with Crippen molar-refractivity contribution in [2.45, 2.75) is 24.1 Å². The molecule has 1 saturated heterocycles. The van der Waals surface area contributed by atoms with E-state index >= 15 is 0 Å². The first kappa shape index (κ1) is 15.4. The fourth-order valence-corrected chi connectivity index (χ4v) is 3.70. The number of nitrogens with zero attached hydrogens (tertiary/aromatic N) is 3. The number of carbonyl (C=O) groups is 1. The average molecular weight is 342 g/mol. The molecule has 7 heteroatoms. The highest BCUT2D eigenvalue weighted by Crippen LogP contribution is 2.23. The zero-order valence-corrected chi connectivity index (χ0v) is 14.0. The van der Waals surface area contributed by atoms with E-state index < -0.39 is 0 Å². The Balaban J connectivity index is 1.46. The van der Waals surface area contributed by atoms with Crippen LogP contribution in [0.4, 0.5) is 0 Å². The topological polar surface area (TPSA) is 68.5 Å². The molecule has 4 rings (SSSR count). The second-order valence-electron chi connectivity index (χ2n) is 5.80. The van der Waals surface area contributed by atoms with Gasteiger partial charge in [-0.15, -0.1) is 10.2 Å². The maximum absolute atomic E-state index is 12.0. The molecule has 0 radical (unpaired) electrons. The fraction of sp³-hybridized carbons (Fsp3) is 0.353. The van der Waals surface area contributed by atoms with Crippen LogP contribution in [-0.4, -0.2) is 45.5 Å². The van der Waals surface area contributed by atoms with Gasteiger partial charge in [0.2, 0.25) is 5.91 Å². The molecule has 3 heterocycles. The highest BCUT2D eigenvalue weighted by Gasteiger charge is 2.17. The molecule has 3 aromatic rings. The lowest BCUT2D eigenvalue weighted by molar-refractivity contribution is -0.119. The number of fused-ring (bicyclic) bond motifs is 3. The van der Waals surface area contributed by atoms with Crippen LogP contribution in [0.3, 0.4) is 0 Å². The molecule has 0 bridgehead atoms. The predicted octanol–water partition coefficient (Wildman–Crippen LogP) is 2.27. The Hall–Kier alpha value is -2.12.